The fourth-order valence-corrected chi connectivity index (χ4v) is 1.61. The molecule has 0 aliphatic carbocycles. The third kappa shape index (κ3) is 1.89. The van der Waals surface area contributed by atoms with Gasteiger partial charge in [0.15, 0.2) is 5.75 Å². The van der Waals surface area contributed by atoms with Gasteiger partial charge >= 0.3 is 10.2 Å². The highest BCUT2D eigenvalue weighted by atomic mass is 32.3. The Labute approximate surface area is 75.3 Å². The van der Waals surface area contributed by atoms with Crippen molar-refractivity contribution in [2.75, 3.05) is 12.8 Å². The second-order valence-electron chi connectivity index (χ2n) is 2.32. The first-order chi connectivity index (χ1) is 5.96. The molecule has 0 bridgehead atoms. The van der Waals surface area contributed by atoms with Gasteiger partial charge in [0.2, 0.25) is 0 Å². The quantitative estimate of drug-likeness (QED) is 0.576. The van der Waals surface area contributed by atoms with Crippen LogP contribution in [0.25, 0.3) is 0 Å². The summed E-state index contributed by atoms with van der Waals surface area (Å²) < 4.78 is 38.4. The molecule has 1 rings (SSSR count). The van der Waals surface area contributed by atoms with Crippen molar-refractivity contribution in [1.29, 1.82) is 0 Å². The van der Waals surface area contributed by atoms with Gasteiger partial charge in [0, 0.05) is 0 Å². The molecule has 2 N–H and O–H groups in total. The summed E-state index contributed by atoms with van der Waals surface area (Å²) >= 11 is 0. The Hall–Kier alpha value is -1.30. The SMILES string of the molecule is COc1c(N)cccc1S(=O)(=O)F. The predicted molar refractivity (Wildman–Crippen MR) is 45.7 cm³/mol. The predicted octanol–water partition coefficient (Wildman–Crippen LogP) is 0.936. The molecule has 0 aliphatic heterocycles. The Morgan fingerprint density at radius 2 is 2.08 bits per heavy atom. The highest BCUT2D eigenvalue weighted by Gasteiger charge is 2.19. The van der Waals surface area contributed by atoms with Crippen molar-refractivity contribution in [3.63, 3.8) is 0 Å². The van der Waals surface area contributed by atoms with E-state index in [-0.39, 0.29) is 11.4 Å². The molecule has 1 aromatic rings. The molecule has 0 unspecified atom stereocenters. The summed E-state index contributed by atoms with van der Waals surface area (Å²) in [5.74, 6) is -0.162. The molecule has 0 spiro atoms. The highest BCUT2D eigenvalue weighted by Crippen LogP contribution is 2.30. The van der Waals surface area contributed by atoms with Crippen LogP contribution in [0.15, 0.2) is 23.1 Å². The number of nitrogen functional groups attached to an aromatic ring is 1. The number of nitrogens with two attached hydrogens (primary N) is 1. The number of para-hydroxylation sites is 1. The standard InChI is InChI=1S/C7H8FNO3S/c1-12-7-5(9)3-2-4-6(7)13(8,10)11/h2-4H,9H2,1H3. The molecular formula is C7H8FNO3S. The molecule has 4 nitrogen and oxygen atoms in total. The number of rotatable bonds is 2. The molecule has 0 aliphatic rings. The minimum Gasteiger partial charge on any atom is -0.493 e. The van der Waals surface area contributed by atoms with Gasteiger partial charge in [-0.05, 0) is 12.1 Å². The average molecular weight is 205 g/mol. The fourth-order valence-electron chi connectivity index (χ4n) is 0.943. The van der Waals surface area contributed by atoms with Gasteiger partial charge in [0.05, 0.1) is 12.8 Å². The summed E-state index contributed by atoms with van der Waals surface area (Å²) in [5, 5.41) is 0. The van der Waals surface area contributed by atoms with Crippen LogP contribution in [-0.4, -0.2) is 15.5 Å². The lowest BCUT2D eigenvalue weighted by Crippen LogP contribution is -2.00. The van der Waals surface area contributed by atoms with Gasteiger partial charge in [0.1, 0.15) is 4.90 Å². The van der Waals surface area contributed by atoms with Crippen LogP contribution in [-0.2, 0) is 10.2 Å². The number of anilines is 1. The third-order valence-corrected chi connectivity index (χ3v) is 2.32. The lowest BCUT2D eigenvalue weighted by molar-refractivity contribution is 0.403. The van der Waals surface area contributed by atoms with E-state index in [1.54, 1.807) is 0 Å². The molecule has 0 fully saturated rings. The van der Waals surface area contributed by atoms with Crippen LogP contribution in [0, 0.1) is 0 Å². The largest absolute Gasteiger partial charge is 0.493 e. The number of halogens is 1. The molecule has 6 heteroatoms. The second-order valence-corrected chi connectivity index (χ2v) is 3.63. The first-order valence-corrected chi connectivity index (χ1v) is 4.72. The summed E-state index contributed by atoms with van der Waals surface area (Å²) in [4.78, 5) is -0.546. The zero-order valence-electron chi connectivity index (χ0n) is 6.82. The number of ether oxygens (including phenoxy) is 1. The van der Waals surface area contributed by atoms with E-state index in [9.17, 15) is 12.3 Å². The van der Waals surface area contributed by atoms with E-state index in [0.717, 1.165) is 6.07 Å². The Balaban J connectivity index is 3.47. The Morgan fingerprint density at radius 1 is 1.46 bits per heavy atom. The van der Waals surface area contributed by atoms with Gasteiger partial charge in [-0.2, -0.15) is 8.42 Å². The molecule has 0 aromatic heterocycles. The van der Waals surface area contributed by atoms with E-state index < -0.39 is 15.1 Å². The summed E-state index contributed by atoms with van der Waals surface area (Å²) in [6.45, 7) is 0. The monoisotopic (exact) mass is 205 g/mol. The molecule has 13 heavy (non-hydrogen) atoms. The molecular weight excluding hydrogens is 197 g/mol. The number of hydrogen-bond donors (Lipinski definition) is 1. The smallest absolute Gasteiger partial charge is 0.335 e. The van der Waals surface area contributed by atoms with Gasteiger partial charge < -0.3 is 10.5 Å². The van der Waals surface area contributed by atoms with Gasteiger partial charge in [-0.15, -0.1) is 3.89 Å². The number of benzene rings is 1. The molecule has 72 valence electrons. The van der Waals surface area contributed by atoms with Crippen LogP contribution in [0.5, 0.6) is 5.75 Å². The van der Waals surface area contributed by atoms with Crippen molar-refractivity contribution in [2.24, 2.45) is 0 Å². The molecule has 0 heterocycles. The molecule has 1 aromatic carbocycles. The van der Waals surface area contributed by atoms with Crippen LogP contribution in [0.4, 0.5) is 9.57 Å². The first-order valence-electron chi connectivity index (χ1n) is 3.34. The van der Waals surface area contributed by atoms with Crippen molar-refractivity contribution >= 4 is 15.9 Å². The van der Waals surface area contributed by atoms with Gasteiger partial charge in [0.25, 0.3) is 0 Å². The molecule has 0 atom stereocenters. The van der Waals surface area contributed by atoms with E-state index in [2.05, 4.69) is 4.74 Å². The second kappa shape index (κ2) is 3.21. The minimum absolute atomic E-state index is 0.0845. The lowest BCUT2D eigenvalue weighted by atomic mass is 10.3. The van der Waals surface area contributed by atoms with Crippen LogP contribution in [0.1, 0.15) is 0 Å². The van der Waals surface area contributed by atoms with Crippen LogP contribution >= 0.6 is 0 Å². The van der Waals surface area contributed by atoms with Crippen molar-refractivity contribution in [1.82, 2.24) is 0 Å². The maximum absolute atomic E-state index is 12.6. The van der Waals surface area contributed by atoms with Crippen LogP contribution < -0.4 is 10.5 Å². The normalized spacial score (nSPS) is 11.2. The number of methoxy groups -OCH3 is 1. The first kappa shape index (κ1) is 9.79. The topological polar surface area (TPSA) is 69.4 Å². The lowest BCUT2D eigenvalue weighted by Gasteiger charge is -2.06. The van der Waals surface area contributed by atoms with Crippen LogP contribution in [0.3, 0.4) is 0 Å². The van der Waals surface area contributed by atoms with E-state index >= 15 is 0 Å². The van der Waals surface area contributed by atoms with E-state index in [0.29, 0.717) is 0 Å². The zero-order chi connectivity index (χ0) is 10.1. The maximum Gasteiger partial charge on any atom is 0.335 e. The molecule has 0 saturated heterocycles. The molecule has 0 amide bonds. The van der Waals surface area contributed by atoms with Crippen LogP contribution in [0.2, 0.25) is 0 Å². The summed E-state index contributed by atoms with van der Waals surface area (Å²) in [6.07, 6.45) is 0. The zero-order valence-corrected chi connectivity index (χ0v) is 7.64. The summed E-state index contributed by atoms with van der Waals surface area (Å²) in [6, 6.07) is 3.85. The third-order valence-electron chi connectivity index (χ3n) is 1.48. The van der Waals surface area contributed by atoms with Crippen molar-refractivity contribution < 1.29 is 17.0 Å². The van der Waals surface area contributed by atoms with E-state index in [4.69, 9.17) is 5.73 Å². The highest BCUT2D eigenvalue weighted by molar-refractivity contribution is 7.86. The molecule has 0 radical (unpaired) electrons. The van der Waals surface area contributed by atoms with Crippen molar-refractivity contribution in [3.05, 3.63) is 18.2 Å². The summed E-state index contributed by atoms with van der Waals surface area (Å²) in [7, 11) is -3.55. The maximum atomic E-state index is 12.6. The minimum atomic E-state index is -4.77. The van der Waals surface area contributed by atoms with E-state index in [1.165, 1.54) is 19.2 Å². The average Bonchev–Trinajstić information content (AvgIpc) is 2.02. The Bertz CT molecular complexity index is 416. The van der Waals surface area contributed by atoms with Gasteiger partial charge in [-0.3, -0.25) is 0 Å². The Kier molecular flexibility index (Phi) is 2.42. The van der Waals surface area contributed by atoms with Crippen molar-refractivity contribution in [3.8, 4) is 5.75 Å². The number of hydrogen-bond acceptors (Lipinski definition) is 4. The fraction of sp³-hybridized carbons (Fsp3) is 0.143. The van der Waals surface area contributed by atoms with Crippen molar-refractivity contribution in [2.45, 2.75) is 4.90 Å². The van der Waals surface area contributed by atoms with Gasteiger partial charge in [-0.25, -0.2) is 0 Å². The van der Waals surface area contributed by atoms with Gasteiger partial charge in [-0.1, -0.05) is 6.07 Å². The molecule has 0 saturated carbocycles. The Morgan fingerprint density at radius 3 is 2.46 bits per heavy atom. The van der Waals surface area contributed by atoms with E-state index in [1.807, 2.05) is 0 Å². The summed E-state index contributed by atoms with van der Waals surface area (Å²) in [5.41, 5.74) is 5.46.